The Morgan fingerprint density at radius 1 is 1.40 bits per heavy atom. The van der Waals surface area contributed by atoms with Crippen molar-refractivity contribution < 1.29 is 17.6 Å². The van der Waals surface area contributed by atoms with Crippen molar-refractivity contribution in [1.29, 1.82) is 0 Å². The maximum Gasteiger partial charge on any atom is 0.449 e. The van der Waals surface area contributed by atoms with Gasteiger partial charge in [-0.25, -0.2) is 0 Å². The van der Waals surface area contributed by atoms with Crippen LogP contribution < -0.4 is 5.32 Å². The van der Waals surface area contributed by atoms with Crippen molar-refractivity contribution in [2.45, 2.75) is 39.5 Å². The molecule has 0 spiro atoms. The van der Waals surface area contributed by atoms with Gasteiger partial charge in [-0.2, -0.15) is 13.2 Å². The predicted molar refractivity (Wildman–Crippen MR) is 50.4 cm³/mol. The molecule has 0 fully saturated rings. The van der Waals surface area contributed by atoms with Gasteiger partial charge in [-0.1, -0.05) is 13.8 Å². The van der Waals surface area contributed by atoms with Gasteiger partial charge in [0.05, 0.1) is 0 Å². The monoisotopic (exact) mass is 221 g/mol. The summed E-state index contributed by atoms with van der Waals surface area (Å²) >= 11 is 0. The summed E-state index contributed by atoms with van der Waals surface area (Å²) in [5, 5.41) is 2.93. The van der Waals surface area contributed by atoms with Crippen molar-refractivity contribution >= 4 is 0 Å². The number of aryl methyl sites for hydroxylation is 1. The highest BCUT2D eigenvalue weighted by Crippen LogP contribution is 2.33. The molecule has 0 aliphatic carbocycles. The molecule has 0 aliphatic heterocycles. The Balaban J connectivity index is 2.87. The maximum atomic E-state index is 12.5. The molecule has 0 unspecified atom stereocenters. The third-order valence-corrected chi connectivity index (χ3v) is 1.89. The second-order valence-corrected chi connectivity index (χ2v) is 3.74. The summed E-state index contributed by atoms with van der Waals surface area (Å²) < 4.78 is 42.0. The van der Waals surface area contributed by atoms with Crippen molar-refractivity contribution in [3.63, 3.8) is 0 Å². The van der Waals surface area contributed by atoms with E-state index in [1.54, 1.807) is 0 Å². The Kier molecular flexibility index (Phi) is 3.44. The number of hydrogen-bond donors (Lipinski definition) is 1. The van der Waals surface area contributed by atoms with Crippen molar-refractivity contribution in [3.05, 3.63) is 23.2 Å². The van der Waals surface area contributed by atoms with E-state index in [-0.39, 0.29) is 23.9 Å². The Labute approximate surface area is 86.5 Å². The summed E-state index contributed by atoms with van der Waals surface area (Å²) in [6.45, 7) is 5.43. The number of rotatable bonds is 3. The van der Waals surface area contributed by atoms with Crippen LogP contribution >= 0.6 is 0 Å². The lowest BCUT2D eigenvalue weighted by atomic mass is 10.2. The highest BCUT2D eigenvalue weighted by atomic mass is 19.4. The van der Waals surface area contributed by atoms with Crippen LogP contribution in [0.25, 0.3) is 0 Å². The molecule has 0 saturated carbocycles. The third-order valence-electron chi connectivity index (χ3n) is 1.89. The molecule has 0 saturated heterocycles. The van der Waals surface area contributed by atoms with E-state index in [0.717, 1.165) is 0 Å². The minimum atomic E-state index is -4.41. The predicted octanol–water partition coefficient (Wildman–Crippen LogP) is 3.10. The maximum absolute atomic E-state index is 12.5. The van der Waals surface area contributed by atoms with Crippen LogP contribution in [-0.2, 0) is 12.7 Å². The topological polar surface area (TPSA) is 25.2 Å². The number of nitrogens with one attached hydrogen (secondary N) is 1. The first kappa shape index (κ1) is 12.1. The molecule has 0 aromatic carbocycles. The number of halogens is 3. The molecule has 0 aliphatic rings. The first-order chi connectivity index (χ1) is 6.80. The van der Waals surface area contributed by atoms with Crippen LogP contribution in [-0.4, -0.2) is 6.04 Å². The van der Waals surface area contributed by atoms with E-state index < -0.39 is 11.9 Å². The zero-order chi connectivity index (χ0) is 11.6. The fourth-order valence-electron chi connectivity index (χ4n) is 1.25. The Hall–Kier alpha value is -0.970. The van der Waals surface area contributed by atoms with Crippen LogP contribution in [0.4, 0.5) is 13.2 Å². The van der Waals surface area contributed by atoms with Gasteiger partial charge in [0.15, 0.2) is 0 Å². The van der Waals surface area contributed by atoms with Gasteiger partial charge in [-0.3, -0.25) is 0 Å². The molecular weight excluding hydrogens is 207 g/mol. The fraction of sp³-hybridized carbons (Fsp3) is 0.600. The molecule has 1 aromatic heterocycles. The SMILES string of the molecule is Cc1cc(CNC(C)C)c(C(F)(F)F)o1. The second kappa shape index (κ2) is 4.26. The molecule has 2 nitrogen and oxygen atoms in total. The molecule has 1 aromatic rings. The average Bonchev–Trinajstić information content (AvgIpc) is 2.42. The normalized spacial score (nSPS) is 12.5. The van der Waals surface area contributed by atoms with Gasteiger partial charge in [-0.15, -0.1) is 0 Å². The quantitative estimate of drug-likeness (QED) is 0.848. The zero-order valence-electron chi connectivity index (χ0n) is 8.90. The van der Waals surface area contributed by atoms with Gasteiger partial charge < -0.3 is 9.73 Å². The zero-order valence-corrected chi connectivity index (χ0v) is 8.90. The van der Waals surface area contributed by atoms with Crippen LogP contribution in [0.2, 0.25) is 0 Å². The molecule has 5 heteroatoms. The summed E-state index contributed by atoms with van der Waals surface area (Å²) in [7, 11) is 0. The summed E-state index contributed by atoms with van der Waals surface area (Å²) in [5.41, 5.74) is 0.161. The number of alkyl halides is 3. The molecule has 1 N–H and O–H groups in total. The molecule has 1 rings (SSSR count). The highest BCUT2D eigenvalue weighted by molar-refractivity contribution is 5.23. The lowest BCUT2D eigenvalue weighted by Crippen LogP contribution is -2.23. The molecule has 15 heavy (non-hydrogen) atoms. The largest absolute Gasteiger partial charge is 0.456 e. The number of furan rings is 1. The smallest absolute Gasteiger partial charge is 0.449 e. The van der Waals surface area contributed by atoms with E-state index in [0.29, 0.717) is 0 Å². The van der Waals surface area contributed by atoms with Crippen LogP contribution in [0.3, 0.4) is 0 Å². The molecule has 0 amide bonds. The standard InChI is InChI=1S/C10H14F3NO/c1-6(2)14-5-8-4-7(3)15-9(8)10(11,12)13/h4,6,14H,5H2,1-3H3. The van der Waals surface area contributed by atoms with Crippen LogP contribution in [0.5, 0.6) is 0 Å². The third kappa shape index (κ3) is 3.27. The first-order valence-electron chi connectivity index (χ1n) is 4.70. The Morgan fingerprint density at radius 3 is 2.47 bits per heavy atom. The molecule has 0 radical (unpaired) electrons. The van der Waals surface area contributed by atoms with E-state index in [2.05, 4.69) is 9.73 Å². The first-order valence-corrected chi connectivity index (χ1v) is 4.70. The minimum Gasteiger partial charge on any atom is -0.456 e. The van der Waals surface area contributed by atoms with Gasteiger partial charge in [0.2, 0.25) is 5.76 Å². The van der Waals surface area contributed by atoms with E-state index in [1.165, 1.54) is 13.0 Å². The van der Waals surface area contributed by atoms with Gasteiger partial charge >= 0.3 is 6.18 Å². The van der Waals surface area contributed by atoms with E-state index >= 15 is 0 Å². The second-order valence-electron chi connectivity index (χ2n) is 3.74. The lowest BCUT2D eigenvalue weighted by molar-refractivity contribution is -0.154. The molecule has 1 heterocycles. The van der Waals surface area contributed by atoms with Gasteiger partial charge in [0.25, 0.3) is 0 Å². The minimum absolute atomic E-state index is 0.140. The van der Waals surface area contributed by atoms with Crippen molar-refractivity contribution in [2.75, 3.05) is 0 Å². The molecular formula is C10H14F3NO. The van der Waals surface area contributed by atoms with Gasteiger partial charge in [-0.05, 0) is 13.0 Å². The summed E-state index contributed by atoms with van der Waals surface area (Å²) in [6, 6.07) is 1.55. The van der Waals surface area contributed by atoms with Crippen LogP contribution in [0.1, 0.15) is 30.9 Å². The Bertz CT molecular complexity index is 328. The van der Waals surface area contributed by atoms with Crippen LogP contribution in [0, 0.1) is 6.92 Å². The fourth-order valence-corrected chi connectivity index (χ4v) is 1.25. The lowest BCUT2D eigenvalue weighted by Gasteiger charge is -2.09. The van der Waals surface area contributed by atoms with Gasteiger partial charge in [0.1, 0.15) is 5.76 Å². The van der Waals surface area contributed by atoms with E-state index in [1.807, 2.05) is 13.8 Å². The molecule has 0 bridgehead atoms. The van der Waals surface area contributed by atoms with Crippen molar-refractivity contribution in [3.8, 4) is 0 Å². The van der Waals surface area contributed by atoms with Crippen molar-refractivity contribution in [1.82, 2.24) is 5.32 Å². The summed E-state index contributed by atoms with van der Waals surface area (Å²) in [4.78, 5) is 0. The molecule has 86 valence electrons. The summed E-state index contributed by atoms with van der Waals surface area (Å²) in [6.07, 6.45) is -4.41. The summed E-state index contributed by atoms with van der Waals surface area (Å²) in [5.74, 6) is -0.615. The van der Waals surface area contributed by atoms with Crippen LogP contribution in [0.15, 0.2) is 10.5 Å². The number of hydrogen-bond acceptors (Lipinski definition) is 2. The molecule has 0 atom stereocenters. The van der Waals surface area contributed by atoms with E-state index in [9.17, 15) is 13.2 Å². The van der Waals surface area contributed by atoms with E-state index in [4.69, 9.17) is 0 Å². The average molecular weight is 221 g/mol. The van der Waals surface area contributed by atoms with Crippen molar-refractivity contribution in [2.24, 2.45) is 0 Å². The van der Waals surface area contributed by atoms with Gasteiger partial charge in [0, 0.05) is 18.2 Å². The highest BCUT2D eigenvalue weighted by Gasteiger charge is 2.37. The Morgan fingerprint density at radius 2 is 2.00 bits per heavy atom.